The van der Waals surface area contributed by atoms with Crippen LogP contribution in [0.15, 0.2) is 158 Å². The van der Waals surface area contributed by atoms with Crippen LogP contribution in [0, 0.1) is 0 Å². The summed E-state index contributed by atoms with van der Waals surface area (Å²) >= 11 is 1.27. The molecule has 0 nitrogen and oxygen atoms in total. The van der Waals surface area contributed by atoms with Crippen LogP contribution in [0.5, 0.6) is 0 Å². The molecule has 0 saturated heterocycles. The second-order valence-corrected chi connectivity index (χ2v) is 16.9. The molecule has 0 atom stereocenters. The van der Waals surface area contributed by atoms with E-state index in [0.29, 0.717) is 0 Å². The molecular formula is C38H36Cl2HfSi-2. The molecule has 0 aliphatic rings. The fraction of sp³-hybridized carbons (Fsp3) is 0.105. The van der Waals surface area contributed by atoms with E-state index in [4.69, 9.17) is 0 Å². The van der Waals surface area contributed by atoms with Crippen LogP contribution in [0.1, 0.15) is 25.0 Å². The predicted molar refractivity (Wildman–Crippen MR) is 172 cm³/mol. The van der Waals surface area contributed by atoms with Crippen molar-refractivity contribution in [3.63, 3.8) is 0 Å². The maximum absolute atomic E-state index is 2.26. The first-order chi connectivity index (χ1) is 19.7. The Morgan fingerprint density at radius 2 is 0.833 bits per heavy atom. The van der Waals surface area contributed by atoms with Crippen molar-refractivity contribution in [1.82, 2.24) is 0 Å². The van der Waals surface area contributed by atoms with Crippen LogP contribution in [0.4, 0.5) is 0 Å². The van der Waals surface area contributed by atoms with Gasteiger partial charge in [0.25, 0.3) is 0 Å². The average molecular weight is 770 g/mol. The first-order valence-corrected chi connectivity index (χ1v) is 20.9. The minimum atomic E-state index is -0.406. The number of rotatable bonds is 6. The Hall–Kier alpha value is -2.75. The first-order valence-electron chi connectivity index (χ1n) is 14.0. The minimum absolute atomic E-state index is 0. The molecule has 6 aromatic rings. The summed E-state index contributed by atoms with van der Waals surface area (Å²) in [6, 6.07) is 56.1. The second-order valence-electron chi connectivity index (χ2n) is 9.56. The van der Waals surface area contributed by atoms with Gasteiger partial charge in [0.2, 0.25) is 0 Å². The molecule has 6 rings (SSSR count). The van der Waals surface area contributed by atoms with Crippen LogP contribution in [0.25, 0.3) is 22.3 Å². The molecule has 0 spiro atoms. The molecule has 0 aromatic heterocycles. The van der Waals surface area contributed by atoms with Gasteiger partial charge < -0.3 is 24.8 Å². The summed E-state index contributed by atoms with van der Waals surface area (Å²) in [6.45, 7) is 4.37. The van der Waals surface area contributed by atoms with Gasteiger partial charge >= 0.3 is 99.5 Å². The van der Waals surface area contributed by atoms with Crippen molar-refractivity contribution in [2.75, 3.05) is 0 Å². The van der Waals surface area contributed by atoms with Crippen molar-refractivity contribution in [3.8, 4) is 22.3 Å². The van der Waals surface area contributed by atoms with Crippen molar-refractivity contribution >= 4 is 15.9 Å². The van der Waals surface area contributed by atoms with Gasteiger partial charge in [0.05, 0.1) is 0 Å². The fourth-order valence-corrected chi connectivity index (χ4v) is 9.43. The summed E-state index contributed by atoms with van der Waals surface area (Å²) in [6.07, 6.45) is 2.21. The van der Waals surface area contributed by atoms with Crippen LogP contribution in [0.3, 0.4) is 0 Å². The van der Waals surface area contributed by atoms with E-state index >= 15 is 0 Å². The van der Waals surface area contributed by atoms with Crippen molar-refractivity contribution in [1.29, 1.82) is 0 Å². The Morgan fingerprint density at radius 3 is 1.17 bits per heavy atom. The molecule has 0 aliphatic heterocycles. The zero-order chi connectivity index (χ0) is 28.0. The molecule has 212 valence electrons. The average Bonchev–Trinajstić information content (AvgIpc) is 3.78. The zero-order valence-electron chi connectivity index (χ0n) is 24.2. The normalized spacial score (nSPS) is 9.62. The molecular weight excluding hydrogens is 734 g/mol. The molecule has 6 aromatic carbocycles. The van der Waals surface area contributed by atoms with E-state index in [1.165, 1.54) is 66.8 Å². The molecule has 0 saturated carbocycles. The van der Waals surface area contributed by atoms with Gasteiger partial charge in [-0.3, -0.25) is 0 Å². The van der Waals surface area contributed by atoms with E-state index in [-0.39, 0.29) is 24.8 Å². The third kappa shape index (κ3) is 10.8. The van der Waals surface area contributed by atoms with E-state index < -0.39 is 5.49 Å². The standard InChI is InChI=1S/2C13H13.C12H10Si.2ClH.Hf/c2*1-2-11-6-5-9-13(10-11)12-7-3-4-8-12;1-3-7-11(8-4-1)13-12-9-5-2-6-10-12;;;/h2*3-10H,2H2,1H3;1-10H;2*1H;/q2*-1;;;;+2/p-2. The van der Waals surface area contributed by atoms with Crippen LogP contribution in [0.2, 0.25) is 0 Å². The second kappa shape index (κ2) is 19.4. The molecule has 0 amide bonds. The van der Waals surface area contributed by atoms with Crippen molar-refractivity contribution in [3.05, 3.63) is 169 Å². The number of aryl methyl sites for hydroxylation is 2. The summed E-state index contributed by atoms with van der Waals surface area (Å²) in [5.74, 6) is 0. The SMILES string of the molecule is CCc1cccc(-[c-]2cccc2)c1.CCc1cccc(-[c-]2cccc2)c1.[Cl-].[Cl-].[Hf+2]=[Si](c1ccccc1)c1ccccc1. The van der Waals surface area contributed by atoms with Crippen LogP contribution < -0.4 is 35.2 Å². The van der Waals surface area contributed by atoms with Gasteiger partial charge in [-0.2, -0.15) is 24.3 Å². The van der Waals surface area contributed by atoms with E-state index in [2.05, 4.69) is 172 Å². The van der Waals surface area contributed by atoms with Gasteiger partial charge in [0.15, 0.2) is 0 Å². The van der Waals surface area contributed by atoms with Crippen LogP contribution in [-0.2, 0) is 35.8 Å². The number of hydrogen-bond donors (Lipinski definition) is 0. The summed E-state index contributed by atoms with van der Waals surface area (Å²) in [7, 11) is 0. The van der Waals surface area contributed by atoms with Crippen LogP contribution >= 0.6 is 0 Å². The summed E-state index contributed by atoms with van der Waals surface area (Å²) < 4.78 is 0. The predicted octanol–water partition coefficient (Wildman–Crippen LogP) is 2.62. The maximum atomic E-state index is 2.26. The van der Waals surface area contributed by atoms with E-state index in [0.717, 1.165) is 12.8 Å². The Bertz CT molecular complexity index is 1440. The number of benzene rings is 4. The Morgan fingerprint density at radius 1 is 0.476 bits per heavy atom. The molecule has 0 unspecified atom stereocenters. The Kier molecular flexibility index (Phi) is 16.4. The number of hydrogen-bond acceptors (Lipinski definition) is 0. The molecule has 4 heteroatoms. The molecule has 0 bridgehead atoms. The van der Waals surface area contributed by atoms with E-state index in [1.54, 1.807) is 0 Å². The Balaban J connectivity index is 0.000000215. The summed E-state index contributed by atoms with van der Waals surface area (Å²) in [5.41, 5.74) is 7.67. The molecule has 0 heterocycles. The monoisotopic (exact) mass is 770 g/mol. The van der Waals surface area contributed by atoms with Crippen molar-refractivity contribution < 1.29 is 47.8 Å². The molecule has 0 aliphatic carbocycles. The molecule has 42 heavy (non-hydrogen) atoms. The van der Waals surface area contributed by atoms with E-state index in [1.807, 2.05) is 0 Å². The number of halogens is 2. The molecule has 0 fully saturated rings. The first kappa shape index (κ1) is 35.4. The van der Waals surface area contributed by atoms with Gasteiger partial charge in [-0.05, 0) is 12.8 Å². The van der Waals surface area contributed by atoms with Gasteiger partial charge in [0.1, 0.15) is 0 Å². The van der Waals surface area contributed by atoms with Gasteiger partial charge in [-0.15, -0.1) is 59.7 Å². The zero-order valence-corrected chi connectivity index (χ0v) is 30.3. The quantitative estimate of drug-likeness (QED) is 0.181. The van der Waals surface area contributed by atoms with Crippen molar-refractivity contribution in [2.24, 2.45) is 0 Å². The summed E-state index contributed by atoms with van der Waals surface area (Å²) in [5, 5.41) is 3.07. The third-order valence-corrected chi connectivity index (χ3v) is 14.8. The molecule has 0 N–H and O–H groups in total. The Labute approximate surface area is 279 Å². The third-order valence-electron chi connectivity index (χ3n) is 6.79. The topological polar surface area (TPSA) is 0 Å². The van der Waals surface area contributed by atoms with Gasteiger partial charge in [0, 0.05) is 0 Å². The van der Waals surface area contributed by atoms with Gasteiger partial charge in [-0.1, -0.05) is 60.4 Å². The van der Waals surface area contributed by atoms with Gasteiger partial charge in [-0.25, -0.2) is 0 Å². The van der Waals surface area contributed by atoms with E-state index in [9.17, 15) is 0 Å². The summed E-state index contributed by atoms with van der Waals surface area (Å²) in [4.78, 5) is 0. The van der Waals surface area contributed by atoms with Crippen LogP contribution in [-0.4, -0.2) is 5.49 Å². The fourth-order valence-electron chi connectivity index (χ4n) is 4.45. The molecule has 0 radical (unpaired) electrons. The van der Waals surface area contributed by atoms with Crippen molar-refractivity contribution in [2.45, 2.75) is 26.7 Å².